The van der Waals surface area contributed by atoms with Gasteiger partial charge in [-0.25, -0.2) is 13.4 Å². The van der Waals surface area contributed by atoms with E-state index in [-0.39, 0.29) is 5.75 Å². The molecule has 7 nitrogen and oxygen atoms in total. The van der Waals surface area contributed by atoms with Crippen LogP contribution in [0.2, 0.25) is 0 Å². The third-order valence-corrected chi connectivity index (χ3v) is 5.96. The average molecular weight is 380 g/mol. The van der Waals surface area contributed by atoms with Crippen molar-refractivity contribution in [3.63, 3.8) is 0 Å². The van der Waals surface area contributed by atoms with Crippen molar-refractivity contribution in [2.24, 2.45) is 0 Å². The summed E-state index contributed by atoms with van der Waals surface area (Å²) in [5, 5.41) is 4.99. The van der Waals surface area contributed by atoms with Crippen LogP contribution in [0.5, 0.6) is 5.75 Å². The fourth-order valence-electron chi connectivity index (χ4n) is 2.37. The third kappa shape index (κ3) is 3.93. The molecule has 0 bridgehead atoms. The van der Waals surface area contributed by atoms with Crippen molar-refractivity contribution in [2.75, 3.05) is 17.6 Å². The van der Waals surface area contributed by atoms with Gasteiger partial charge in [-0.05, 0) is 31.5 Å². The van der Waals surface area contributed by atoms with Gasteiger partial charge in [0.05, 0.1) is 28.8 Å². The minimum Gasteiger partial charge on any atom is -0.497 e. The Hall–Kier alpha value is -2.13. The number of benzene rings is 1. The molecule has 0 aliphatic heterocycles. The third-order valence-electron chi connectivity index (χ3n) is 3.62. The Morgan fingerprint density at radius 1 is 1.32 bits per heavy atom. The van der Waals surface area contributed by atoms with E-state index in [1.54, 1.807) is 13.2 Å². The summed E-state index contributed by atoms with van der Waals surface area (Å²) in [4.78, 5) is 4.55. The molecule has 25 heavy (non-hydrogen) atoms. The standard InChI is InChI=1S/C16H20N4O3S2/c1-4-5-8-25(21,22)19-15-9-11(2)18-20(15)16-17-13-7-6-12(23-3)10-14(13)24-16/h6-7,9-10,19H,4-5,8H2,1-3H3. The smallest absolute Gasteiger partial charge is 0.233 e. The van der Waals surface area contributed by atoms with E-state index in [0.29, 0.717) is 23.1 Å². The van der Waals surface area contributed by atoms with Gasteiger partial charge in [-0.2, -0.15) is 9.78 Å². The van der Waals surface area contributed by atoms with Gasteiger partial charge in [0.1, 0.15) is 11.6 Å². The molecule has 0 unspecified atom stereocenters. The Kier molecular flexibility index (Phi) is 4.96. The van der Waals surface area contributed by atoms with Crippen molar-refractivity contribution in [1.29, 1.82) is 0 Å². The summed E-state index contributed by atoms with van der Waals surface area (Å²) in [6, 6.07) is 7.32. The van der Waals surface area contributed by atoms with Gasteiger partial charge in [-0.3, -0.25) is 4.72 Å². The highest BCUT2D eigenvalue weighted by atomic mass is 32.2. The summed E-state index contributed by atoms with van der Waals surface area (Å²) in [6.45, 7) is 3.77. The van der Waals surface area contributed by atoms with Crippen LogP contribution in [-0.4, -0.2) is 36.0 Å². The van der Waals surface area contributed by atoms with Crippen molar-refractivity contribution < 1.29 is 13.2 Å². The molecule has 0 saturated carbocycles. The zero-order chi connectivity index (χ0) is 18.0. The maximum Gasteiger partial charge on any atom is 0.233 e. The van der Waals surface area contributed by atoms with Crippen LogP contribution in [0.4, 0.5) is 5.82 Å². The van der Waals surface area contributed by atoms with Crippen LogP contribution in [0.25, 0.3) is 15.3 Å². The van der Waals surface area contributed by atoms with Crippen LogP contribution >= 0.6 is 11.3 Å². The molecule has 0 atom stereocenters. The van der Waals surface area contributed by atoms with Crippen molar-refractivity contribution in [3.8, 4) is 10.9 Å². The lowest BCUT2D eigenvalue weighted by atomic mass is 10.3. The minimum absolute atomic E-state index is 0.0881. The lowest BCUT2D eigenvalue weighted by Gasteiger charge is -2.08. The number of aryl methyl sites for hydroxylation is 1. The highest BCUT2D eigenvalue weighted by molar-refractivity contribution is 7.92. The summed E-state index contributed by atoms with van der Waals surface area (Å²) < 4.78 is 34.8. The number of anilines is 1. The zero-order valence-corrected chi connectivity index (χ0v) is 15.9. The zero-order valence-electron chi connectivity index (χ0n) is 14.3. The van der Waals surface area contributed by atoms with Crippen LogP contribution in [-0.2, 0) is 10.0 Å². The molecule has 3 rings (SSSR count). The first-order chi connectivity index (χ1) is 11.9. The number of thiazole rings is 1. The number of nitrogens with one attached hydrogen (secondary N) is 1. The van der Waals surface area contributed by atoms with E-state index < -0.39 is 10.0 Å². The Morgan fingerprint density at radius 2 is 2.12 bits per heavy atom. The number of methoxy groups -OCH3 is 1. The van der Waals surface area contributed by atoms with Gasteiger partial charge in [-0.1, -0.05) is 24.7 Å². The molecule has 0 amide bonds. The van der Waals surface area contributed by atoms with Crippen LogP contribution < -0.4 is 9.46 Å². The van der Waals surface area contributed by atoms with E-state index in [9.17, 15) is 8.42 Å². The molecule has 3 aromatic rings. The molecule has 9 heteroatoms. The normalized spacial score (nSPS) is 11.8. The van der Waals surface area contributed by atoms with Gasteiger partial charge in [0, 0.05) is 6.07 Å². The van der Waals surface area contributed by atoms with Gasteiger partial charge in [-0.15, -0.1) is 0 Å². The number of hydrogen-bond acceptors (Lipinski definition) is 6. The lowest BCUT2D eigenvalue weighted by Crippen LogP contribution is -2.18. The van der Waals surface area contributed by atoms with E-state index in [1.807, 2.05) is 32.0 Å². The van der Waals surface area contributed by atoms with Crippen molar-refractivity contribution in [2.45, 2.75) is 26.7 Å². The number of sulfonamides is 1. The van der Waals surface area contributed by atoms with Crippen molar-refractivity contribution >= 4 is 37.4 Å². The SMILES string of the molecule is CCCCS(=O)(=O)Nc1cc(C)nn1-c1nc2ccc(OC)cc2s1. The molecule has 1 N–H and O–H groups in total. The first kappa shape index (κ1) is 17.7. The molecule has 2 aromatic heterocycles. The van der Waals surface area contributed by atoms with Crippen LogP contribution in [0.3, 0.4) is 0 Å². The molecule has 0 saturated heterocycles. The van der Waals surface area contributed by atoms with E-state index in [4.69, 9.17) is 4.74 Å². The summed E-state index contributed by atoms with van der Waals surface area (Å²) in [6.07, 6.45) is 1.43. The maximum atomic E-state index is 12.2. The lowest BCUT2D eigenvalue weighted by molar-refractivity contribution is 0.415. The molecule has 0 aliphatic carbocycles. The van der Waals surface area contributed by atoms with Crippen LogP contribution in [0.15, 0.2) is 24.3 Å². The quantitative estimate of drug-likeness (QED) is 0.679. The maximum absolute atomic E-state index is 12.2. The number of aromatic nitrogens is 3. The predicted octanol–water partition coefficient (Wildman–Crippen LogP) is 3.34. The van der Waals surface area contributed by atoms with Crippen LogP contribution in [0.1, 0.15) is 25.5 Å². The monoisotopic (exact) mass is 380 g/mol. The first-order valence-electron chi connectivity index (χ1n) is 7.94. The van der Waals surface area contributed by atoms with Crippen molar-refractivity contribution in [1.82, 2.24) is 14.8 Å². The molecule has 2 heterocycles. The van der Waals surface area contributed by atoms with Crippen LogP contribution in [0, 0.1) is 6.92 Å². The Morgan fingerprint density at radius 3 is 2.84 bits per heavy atom. The van der Waals surface area contributed by atoms with E-state index >= 15 is 0 Å². The van der Waals surface area contributed by atoms with Gasteiger partial charge < -0.3 is 4.74 Å². The molecule has 0 fully saturated rings. The molecular formula is C16H20N4O3S2. The Bertz CT molecular complexity index is 992. The second-order valence-corrected chi connectivity index (χ2v) is 8.54. The first-order valence-corrected chi connectivity index (χ1v) is 10.4. The van der Waals surface area contributed by atoms with Gasteiger partial charge in [0.25, 0.3) is 0 Å². The molecule has 0 radical (unpaired) electrons. The molecule has 1 aromatic carbocycles. The van der Waals surface area contributed by atoms with Gasteiger partial charge >= 0.3 is 0 Å². The molecule has 134 valence electrons. The van der Waals surface area contributed by atoms with E-state index in [2.05, 4.69) is 14.8 Å². The highest BCUT2D eigenvalue weighted by Crippen LogP contribution is 2.30. The topological polar surface area (TPSA) is 86.1 Å². The number of fused-ring (bicyclic) bond motifs is 1. The summed E-state index contributed by atoms with van der Waals surface area (Å²) in [7, 11) is -1.79. The van der Waals surface area contributed by atoms with Gasteiger partial charge in [0.2, 0.25) is 15.2 Å². The molecule has 0 aliphatic rings. The van der Waals surface area contributed by atoms with Gasteiger partial charge in [0.15, 0.2) is 0 Å². The average Bonchev–Trinajstić information content (AvgIpc) is 3.14. The summed E-state index contributed by atoms with van der Waals surface area (Å²) >= 11 is 1.43. The highest BCUT2D eigenvalue weighted by Gasteiger charge is 2.17. The fraction of sp³-hybridized carbons (Fsp3) is 0.375. The minimum atomic E-state index is -3.41. The number of rotatable bonds is 7. The number of nitrogens with zero attached hydrogens (tertiary/aromatic N) is 3. The fourth-order valence-corrected chi connectivity index (χ4v) is 4.57. The number of hydrogen-bond donors (Lipinski definition) is 1. The summed E-state index contributed by atoms with van der Waals surface area (Å²) in [5.74, 6) is 1.24. The predicted molar refractivity (Wildman–Crippen MR) is 100 cm³/mol. The Balaban J connectivity index is 1.98. The number of unbranched alkanes of at least 4 members (excludes halogenated alkanes) is 1. The second-order valence-electron chi connectivity index (χ2n) is 5.69. The largest absolute Gasteiger partial charge is 0.497 e. The van der Waals surface area contributed by atoms with E-state index in [1.165, 1.54) is 16.0 Å². The number of ether oxygens (including phenoxy) is 1. The Labute approximate surface area is 150 Å². The molecule has 0 spiro atoms. The molecular weight excluding hydrogens is 360 g/mol. The second kappa shape index (κ2) is 7.01. The van der Waals surface area contributed by atoms with Crippen molar-refractivity contribution in [3.05, 3.63) is 30.0 Å². The van der Waals surface area contributed by atoms with E-state index in [0.717, 1.165) is 22.4 Å². The summed E-state index contributed by atoms with van der Waals surface area (Å²) in [5.41, 5.74) is 1.53.